The van der Waals surface area contributed by atoms with Gasteiger partial charge in [0, 0.05) is 26.1 Å². The standard InChI is InChI=1S/C19H27F3N4O3/c1-2-24-18(26-9-3-4-13(12-26)10-17(23)28)25-11-16(27)14-5-7-15(8-6-14)29-19(20,21)22/h5-8,13,16,27H,2-4,9-12H2,1H3,(H2,23,28)(H,24,25). The molecule has 29 heavy (non-hydrogen) atoms. The molecule has 4 N–H and O–H groups in total. The Labute approximate surface area is 167 Å². The molecule has 2 rings (SSSR count). The van der Waals surface area contributed by atoms with Crippen LogP contribution < -0.4 is 15.8 Å². The Balaban J connectivity index is 2.00. The number of nitrogens with two attached hydrogens (primary N) is 1. The van der Waals surface area contributed by atoms with E-state index in [-0.39, 0.29) is 24.1 Å². The first-order valence-electron chi connectivity index (χ1n) is 9.53. The SMILES string of the molecule is CCNC(=NCC(O)c1ccc(OC(F)(F)F)cc1)N1CCCC(CC(N)=O)C1. The Bertz CT molecular complexity index is 695. The van der Waals surface area contributed by atoms with Crippen LogP contribution in [0.1, 0.15) is 37.9 Å². The summed E-state index contributed by atoms with van der Waals surface area (Å²) >= 11 is 0. The number of nitrogens with one attached hydrogen (secondary N) is 1. The van der Waals surface area contributed by atoms with Gasteiger partial charge in [0.2, 0.25) is 5.91 Å². The zero-order valence-electron chi connectivity index (χ0n) is 16.3. The van der Waals surface area contributed by atoms with Crippen molar-refractivity contribution in [2.45, 2.75) is 38.7 Å². The van der Waals surface area contributed by atoms with E-state index in [0.29, 0.717) is 31.0 Å². The number of hydrogen-bond acceptors (Lipinski definition) is 4. The number of aliphatic imine (C=N–C) groups is 1. The van der Waals surface area contributed by atoms with Gasteiger partial charge in [-0.05, 0) is 43.4 Å². The first-order chi connectivity index (χ1) is 13.7. The lowest BCUT2D eigenvalue weighted by Crippen LogP contribution is -2.47. The van der Waals surface area contributed by atoms with E-state index in [4.69, 9.17) is 5.73 Å². The van der Waals surface area contributed by atoms with Crippen molar-refractivity contribution in [1.29, 1.82) is 0 Å². The molecule has 1 aliphatic rings. The summed E-state index contributed by atoms with van der Waals surface area (Å²) in [5.74, 6) is 0.111. The number of amides is 1. The summed E-state index contributed by atoms with van der Waals surface area (Å²) in [4.78, 5) is 17.7. The number of carbonyl (C=O) groups is 1. The summed E-state index contributed by atoms with van der Waals surface area (Å²) in [5.41, 5.74) is 5.74. The van der Waals surface area contributed by atoms with Crippen LogP contribution >= 0.6 is 0 Å². The number of primary amides is 1. The number of carbonyl (C=O) groups excluding carboxylic acids is 1. The molecule has 1 aromatic rings. The van der Waals surface area contributed by atoms with E-state index in [0.717, 1.165) is 31.5 Å². The van der Waals surface area contributed by atoms with Crippen molar-refractivity contribution < 1.29 is 27.8 Å². The summed E-state index contributed by atoms with van der Waals surface area (Å²) in [6.07, 6.45) is -3.58. The lowest BCUT2D eigenvalue weighted by atomic mass is 9.95. The number of alkyl halides is 3. The van der Waals surface area contributed by atoms with Gasteiger partial charge in [-0.1, -0.05) is 12.1 Å². The second-order valence-corrected chi connectivity index (χ2v) is 6.95. The van der Waals surface area contributed by atoms with Crippen LogP contribution in [0.4, 0.5) is 13.2 Å². The molecule has 1 aromatic carbocycles. The van der Waals surface area contributed by atoms with Gasteiger partial charge in [-0.2, -0.15) is 0 Å². The number of halogens is 3. The highest BCUT2D eigenvalue weighted by Gasteiger charge is 2.31. The fourth-order valence-corrected chi connectivity index (χ4v) is 3.30. The van der Waals surface area contributed by atoms with Gasteiger partial charge in [-0.25, -0.2) is 0 Å². The summed E-state index contributed by atoms with van der Waals surface area (Å²) in [5, 5.41) is 13.5. The number of hydrogen-bond donors (Lipinski definition) is 3. The van der Waals surface area contributed by atoms with Gasteiger partial charge < -0.3 is 25.8 Å². The van der Waals surface area contributed by atoms with E-state index >= 15 is 0 Å². The Morgan fingerprint density at radius 1 is 1.41 bits per heavy atom. The second kappa shape index (κ2) is 10.3. The minimum atomic E-state index is -4.76. The fraction of sp³-hybridized carbons (Fsp3) is 0.579. The molecular formula is C19H27F3N4O3. The summed E-state index contributed by atoms with van der Waals surface area (Å²) in [7, 11) is 0. The molecule has 10 heteroatoms. The average Bonchev–Trinajstić information content (AvgIpc) is 2.64. The lowest BCUT2D eigenvalue weighted by Gasteiger charge is -2.34. The average molecular weight is 416 g/mol. The molecule has 1 fully saturated rings. The molecule has 0 aromatic heterocycles. The largest absolute Gasteiger partial charge is 0.573 e. The van der Waals surface area contributed by atoms with Crippen LogP contribution in [0, 0.1) is 5.92 Å². The van der Waals surface area contributed by atoms with Crippen molar-refractivity contribution in [1.82, 2.24) is 10.2 Å². The Morgan fingerprint density at radius 3 is 2.69 bits per heavy atom. The lowest BCUT2D eigenvalue weighted by molar-refractivity contribution is -0.274. The van der Waals surface area contributed by atoms with E-state index in [9.17, 15) is 23.1 Å². The second-order valence-electron chi connectivity index (χ2n) is 6.95. The van der Waals surface area contributed by atoms with E-state index in [2.05, 4.69) is 15.0 Å². The zero-order valence-corrected chi connectivity index (χ0v) is 16.3. The van der Waals surface area contributed by atoms with Crippen molar-refractivity contribution in [3.05, 3.63) is 29.8 Å². The molecule has 7 nitrogen and oxygen atoms in total. The molecule has 2 atom stereocenters. The molecule has 1 amide bonds. The van der Waals surface area contributed by atoms with Crippen LogP contribution in [0.15, 0.2) is 29.3 Å². The normalized spacial score (nSPS) is 19.0. The molecule has 0 spiro atoms. The number of nitrogens with zero attached hydrogens (tertiary/aromatic N) is 2. The summed E-state index contributed by atoms with van der Waals surface area (Å²) in [6, 6.07) is 5.05. The number of guanidine groups is 1. The maximum atomic E-state index is 12.2. The minimum Gasteiger partial charge on any atom is -0.406 e. The molecule has 162 valence electrons. The van der Waals surface area contributed by atoms with Crippen LogP contribution in [0.5, 0.6) is 5.75 Å². The van der Waals surface area contributed by atoms with Gasteiger partial charge in [0.05, 0.1) is 12.6 Å². The molecule has 1 saturated heterocycles. The maximum absolute atomic E-state index is 12.2. The third-order valence-corrected chi connectivity index (χ3v) is 4.56. The van der Waals surface area contributed by atoms with Gasteiger partial charge in [0.15, 0.2) is 5.96 Å². The quantitative estimate of drug-likeness (QED) is 0.467. The smallest absolute Gasteiger partial charge is 0.406 e. The van der Waals surface area contributed by atoms with Crippen molar-refractivity contribution in [3.8, 4) is 5.75 Å². The molecule has 1 heterocycles. The van der Waals surface area contributed by atoms with Crippen molar-refractivity contribution >= 4 is 11.9 Å². The maximum Gasteiger partial charge on any atom is 0.573 e. The van der Waals surface area contributed by atoms with Crippen LogP contribution in [0.3, 0.4) is 0 Å². The van der Waals surface area contributed by atoms with Crippen molar-refractivity contribution in [2.24, 2.45) is 16.6 Å². The Hall–Kier alpha value is -2.49. The van der Waals surface area contributed by atoms with Gasteiger partial charge in [0.1, 0.15) is 5.75 Å². The van der Waals surface area contributed by atoms with Crippen LogP contribution in [-0.4, -0.2) is 54.4 Å². The van der Waals surface area contributed by atoms with Gasteiger partial charge in [0.25, 0.3) is 0 Å². The van der Waals surface area contributed by atoms with Gasteiger partial charge >= 0.3 is 6.36 Å². The number of benzene rings is 1. The van der Waals surface area contributed by atoms with E-state index in [1.165, 1.54) is 12.1 Å². The molecule has 0 aliphatic carbocycles. The van der Waals surface area contributed by atoms with Gasteiger partial charge in [-0.15, -0.1) is 13.2 Å². The molecule has 0 saturated carbocycles. The summed E-state index contributed by atoms with van der Waals surface area (Å²) < 4.78 is 40.5. The molecular weight excluding hydrogens is 389 g/mol. The highest BCUT2D eigenvalue weighted by atomic mass is 19.4. The number of ether oxygens (including phenoxy) is 1. The Morgan fingerprint density at radius 2 is 2.10 bits per heavy atom. The van der Waals surface area contributed by atoms with Crippen molar-refractivity contribution in [3.63, 3.8) is 0 Å². The fourth-order valence-electron chi connectivity index (χ4n) is 3.30. The number of likely N-dealkylation sites (tertiary alicyclic amines) is 1. The topological polar surface area (TPSA) is 100 Å². The minimum absolute atomic E-state index is 0.0405. The van der Waals surface area contributed by atoms with Crippen LogP contribution in [0.25, 0.3) is 0 Å². The third-order valence-electron chi connectivity index (χ3n) is 4.56. The highest BCUT2D eigenvalue weighted by Crippen LogP contribution is 2.25. The van der Waals surface area contributed by atoms with E-state index in [1.54, 1.807) is 0 Å². The van der Waals surface area contributed by atoms with Crippen LogP contribution in [-0.2, 0) is 4.79 Å². The molecule has 1 aliphatic heterocycles. The van der Waals surface area contributed by atoms with Gasteiger partial charge in [-0.3, -0.25) is 9.79 Å². The molecule has 0 radical (unpaired) electrons. The van der Waals surface area contributed by atoms with Crippen LogP contribution in [0.2, 0.25) is 0 Å². The predicted octanol–water partition coefficient (Wildman–Crippen LogP) is 2.17. The number of aliphatic hydroxyl groups excluding tert-OH is 1. The summed E-state index contributed by atoms with van der Waals surface area (Å²) in [6.45, 7) is 4.03. The zero-order chi connectivity index (χ0) is 21.4. The number of rotatable bonds is 7. The first kappa shape index (κ1) is 22.8. The highest BCUT2D eigenvalue weighted by molar-refractivity contribution is 5.80. The predicted molar refractivity (Wildman–Crippen MR) is 102 cm³/mol. The number of piperidine rings is 1. The molecule has 0 bridgehead atoms. The van der Waals surface area contributed by atoms with E-state index in [1.807, 2.05) is 11.8 Å². The third kappa shape index (κ3) is 7.80. The van der Waals surface area contributed by atoms with E-state index < -0.39 is 12.5 Å². The number of aliphatic hydroxyl groups is 1. The Kier molecular flexibility index (Phi) is 8.12. The molecule has 2 unspecified atom stereocenters. The first-order valence-corrected chi connectivity index (χ1v) is 9.53. The monoisotopic (exact) mass is 416 g/mol. The van der Waals surface area contributed by atoms with Crippen molar-refractivity contribution in [2.75, 3.05) is 26.2 Å².